The number of unbranched alkanes of at least 4 members (excludes halogenated alkanes) is 16. The molecule has 36 heavy (non-hydrogen) atoms. The van der Waals surface area contributed by atoms with Gasteiger partial charge in [0.05, 0.1) is 18.6 Å². The monoisotopic (exact) mass is 512 g/mol. The molecular weight excluding hydrogens is 448 g/mol. The van der Waals surface area contributed by atoms with Crippen LogP contribution in [0.2, 0.25) is 0 Å². The standard InChI is InChI=1S/C32H64O4/c1-5-9-12-15-18-19-22-25-31(33)36-30-32(8-4,28-34-26-23-20-16-13-10-6-2)29-35-27-24-21-17-14-11-7-3/h5-30H2,1-4H3. The predicted octanol–water partition coefficient (Wildman–Crippen LogP) is 9.82. The van der Waals surface area contributed by atoms with Crippen LogP contribution in [-0.4, -0.2) is 39.0 Å². The summed E-state index contributed by atoms with van der Waals surface area (Å²) >= 11 is 0. The van der Waals surface area contributed by atoms with E-state index in [1.54, 1.807) is 0 Å². The van der Waals surface area contributed by atoms with Crippen LogP contribution in [0, 0.1) is 5.41 Å². The van der Waals surface area contributed by atoms with Crippen molar-refractivity contribution in [2.24, 2.45) is 5.41 Å². The zero-order valence-electron chi connectivity index (χ0n) is 25.0. The molecule has 4 heteroatoms. The Morgan fingerprint density at radius 1 is 0.500 bits per heavy atom. The van der Waals surface area contributed by atoms with Gasteiger partial charge in [-0.2, -0.15) is 0 Å². The third kappa shape index (κ3) is 22.6. The molecule has 0 saturated heterocycles. The molecule has 0 fully saturated rings. The van der Waals surface area contributed by atoms with E-state index in [-0.39, 0.29) is 11.4 Å². The van der Waals surface area contributed by atoms with Crippen molar-refractivity contribution < 1.29 is 19.0 Å². The van der Waals surface area contributed by atoms with E-state index in [2.05, 4.69) is 27.7 Å². The minimum Gasteiger partial charge on any atom is -0.465 e. The molecular formula is C32H64O4. The first-order valence-electron chi connectivity index (χ1n) is 15.9. The van der Waals surface area contributed by atoms with E-state index < -0.39 is 0 Å². The summed E-state index contributed by atoms with van der Waals surface area (Å²) < 4.78 is 18.0. The van der Waals surface area contributed by atoms with Crippen LogP contribution in [0.15, 0.2) is 0 Å². The molecule has 0 saturated carbocycles. The number of carbonyl (C=O) groups excluding carboxylic acids is 1. The van der Waals surface area contributed by atoms with Gasteiger partial charge in [-0.05, 0) is 25.7 Å². The normalized spacial score (nSPS) is 11.8. The van der Waals surface area contributed by atoms with Crippen LogP contribution >= 0.6 is 0 Å². The van der Waals surface area contributed by atoms with Crippen molar-refractivity contribution in [3.8, 4) is 0 Å². The minimum absolute atomic E-state index is 0.0618. The number of hydrogen-bond acceptors (Lipinski definition) is 4. The molecule has 0 N–H and O–H groups in total. The quantitative estimate of drug-likeness (QED) is 0.0739. The summed E-state index contributed by atoms with van der Waals surface area (Å²) in [6, 6.07) is 0. The molecule has 0 amide bonds. The van der Waals surface area contributed by atoms with Crippen molar-refractivity contribution in [2.75, 3.05) is 33.0 Å². The van der Waals surface area contributed by atoms with Gasteiger partial charge in [-0.15, -0.1) is 0 Å². The molecule has 0 bridgehead atoms. The Labute approximate surface area is 226 Å². The first-order valence-corrected chi connectivity index (χ1v) is 15.9. The lowest BCUT2D eigenvalue weighted by molar-refractivity contribution is -0.152. The molecule has 0 rings (SSSR count). The van der Waals surface area contributed by atoms with Gasteiger partial charge in [0, 0.05) is 19.6 Å². The lowest BCUT2D eigenvalue weighted by atomic mass is 9.88. The molecule has 0 unspecified atom stereocenters. The number of hydrogen-bond donors (Lipinski definition) is 0. The van der Waals surface area contributed by atoms with Crippen molar-refractivity contribution in [1.82, 2.24) is 0 Å². The molecule has 0 aromatic heterocycles. The van der Waals surface area contributed by atoms with Crippen molar-refractivity contribution in [2.45, 2.75) is 163 Å². The van der Waals surface area contributed by atoms with Gasteiger partial charge >= 0.3 is 5.97 Å². The van der Waals surface area contributed by atoms with Gasteiger partial charge in [-0.25, -0.2) is 0 Å². The van der Waals surface area contributed by atoms with Crippen molar-refractivity contribution >= 4 is 5.97 Å². The molecule has 0 aliphatic carbocycles. The molecule has 4 nitrogen and oxygen atoms in total. The number of ether oxygens (including phenoxy) is 3. The second-order valence-corrected chi connectivity index (χ2v) is 11.0. The molecule has 0 spiro atoms. The van der Waals surface area contributed by atoms with Crippen molar-refractivity contribution in [3.63, 3.8) is 0 Å². The maximum absolute atomic E-state index is 12.4. The van der Waals surface area contributed by atoms with E-state index in [0.717, 1.165) is 45.3 Å². The first kappa shape index (κ1) is 35.4. The highest BCUT2D eigenvalue weighted by atomic mass is 16.5. The van der Waals surface area contributed by atoms with Gasteiger partial charge in [0.1, 0.15) is 6.61 Å². The summed E-state index contributed by atoms with van der Waals surface area (Å²) in [5.41, 5.74) is -0.236. The summed E-state index contributed by atoms with van der Waals surface area (Å²) in [6.07, 6.45) is 25.1. The Morgan fingerprint density at radius 3 is 1.31 bits per heavy atom. The number of rotatable bonds is 29. The highest BCUT2D eigenvalue weighted by molar-refractivity contribution is 5.69. The maximum atomic E-state index is 12.4. The van der Waals surface area contributed by atoms with Crippen LogP contribution in [0.1, 0.15) is 163 Å². The van der Waals surface area contributed by atoms with Crippen LogP contribution in [0.5, 0.6) is 0 Å². The van der Waals surface area contributed by atoms with Crippen LogP contribution in [-0.2, 0) is 19.0 Å². The molecule has 0 radical (unpaired) electrons. The summed E-state index contributed by atoms with van der Waals surface area (Å²) in [5.74, 6) is -0.0618. The van der Waals surface area contributed by atoms with Gasteiger partial charge in [-0.3, -0.25) is 4.79 Å². The zero-order chi connectivity index (χ0) is 26.6. The topological polar surface area (TPSA) is 44.8 Å². The summed E-state index contributed by atoms with van der Waals surface area (Å²) in [7, 11) is 0. The molecule has 0 atom stereocenters. The Hall–Kier alpha value is -0.610. The third-order valence-electron chi connectivity index (χ3n) is 7.37. The molecule has 0 heterocycles. The predicted molar refractivity (Wildman–Crippen MR) is 155 cm³/mol. The first-order chi connectivity index (χ1) is 17.6. The lowest BCUT2D eigenvalue weighted by Crippen LogP contribution is -2.38. The highest BCUT2D eigenvalue weighted by Gasteiger charge is 2.31. The largest absolute Gasteiger partial charge is 0.465 e. The molecule has 0 aliphatic heterocycles. The highest BCUT2D eigenvalue weighted by Crippen LogP contribution is 2.25. The SMILES string of the molecule is CCCCCCCCCC(=O)OCC(CC)(COCCCCCCCC)COCCCCCCCC. The van der Waals surface area contributed by atoms with E-state index in [0.29, 0.717) is 26.2 Å². The van der Waals surface area contributed by atoms with Gasteiger partial charge in [0.2, 0.25) is 0 Å². The summed E-state index contributed by atoms with van der Waals surface area (Å²) in [6.45, 7) is 12.1. The third-order valence-corrected chi connectivity index (χ3v) is 7.37. The second kappa shape index (κ2) is 27.4. The molecule has 216 valence electrons. The minimum atomic E-state index is -0.236. The van der Waals surface area contributed by atoms with Crippen molar-refractivity contribution in [3.05, 3.63) is 0 Å². The molecule has 0 aromatic rings. The van der Waals surface area contributed by atoms with Crippen LogP contribution in [0.3, 0.4) is 0 Å². The van der Waals surface area contributed by atoms with Gasteiger partial charge < -0.3 is 14.2 Å². The van der Waals surface area contributed by atoms with E-state index in [1.165, 1.54) is 96.3 Å². The van der Waals surface area contributed by atoms with Crippen LogP contribution in [0.25, 0.3) is 0 Å². The fourth-order valence-electron chi connectivity index (χ4n) is 4.51. The summed E-state index contributed by atoms with van der Waals surface area (Å²) in [5, 5.41) is 0. The van der Waals surface area contributed by atoms with Gasteiger partial charge in [0.15, 0.2) is 0 Å². The van der Waals surface area contributed by atoms with E-state index >= 15 is 0 Å². The Morgan fingerprint density at radius 2 is 0.889 bits per heavy atom. The zero-order valence-corrected chi connectivity index (χ0v) is 25.0. The molecule has 0 aliphatic rings. The fraction of sp³-hybridized carbons (Fsp3) is 0.969. The number of esters is 1. The Kier molecular flexibility index (Phi) is 27.0. The maximum Gasteiger partial charge on any atom is 0.305 e. The number of carbonyl (C=O) groups is 1. The average Bonchev–Trinajstić information content (AvgIpc) is 2.89. The Bertz CT molecular complexity index is 431. The lowest BCUT2D eigenvalue weighted by Gasteiger charge is -2.32. The summed E-state index contributed by atoms with van der Waals surface area (Å²) in [4.78, 5) is 12.4. The van der Waals surface area contributed by atoms with Gasteiger partial charge in [-0.1, -0.05) is 130 Å². The fourth-order valence-corrected chi connectivity index (χ4v) is 4.51. The smallest absolute Gasteiger partial charge is 0.305 e. The van der Waals surface area contributed by atoms with Crippen LogP contribution < -0.4 is 0 Å². The van der Waals surface area contributed by atoms with Crippen LogP contribution in [0.4, 0.5) is 0 Å². The second-order valence-electron chi connectivity index (χ2n) is 11.0. The van der Waals surface area contributed by atoms with Gasteiger partial charge in [0.25, 0.3) is 0 Å². The van der Waals surface area contributed by atoms with Crippen molar-refractivity contribution in [1.29, 1.82) is 0 Å². The Balaban J connectivity index is 4.39. The molecule has 0 aromatic carbocycles. The van der Waals surface area contributed by atoms with E-state index in [9.17, 15) is 4.79 Å². The van der Waals surface area contributed by atoms with E-state index in [1.807, 2.05) is 0 Å². The van der Waals surface area contributed by atoms with E-state index in [4.69, 9.17) is 14.2 Å². The average molecular weight is 513 g/mol.